The predicted molar refractivity (Wildman–Crippen MR) is 93.0 cm³/mol. The van der Waals surface area contributed by atoms with Gasteiger partial charge in [0.2, 0.25) is 5.91 Å². The molecule has 6 nitrogen and oxygen atoms in total. The molecule has 0 aliphatic rings. The lowest BCUT2D eigenvalue weighted by atomic mass is 10.1. The maximum Gasteiger partial charge on any atom is 0.348 e. The molecule has 0 saturated carbocycles. The minimum Gasteiger partial charge on any atom is -0.465 e. The first-order chi connectivity index (χ1) is 11.8. The standard InChI is InChI=1S/C17H15FN2O4S/c1-9-13(15(19)22)16(25-14(9)17(23)24-2)20-12(21)8-5-10-3-6-11(18)7-4-10/h3-8H,1-2H3,(H2,19,22)(H,20,21)/b8-5-. The van der Waals surface area contributed by atoms with E-state index in [0.717, 1.165) is 11.3 Å². The second-order valence-electron chi connectivity index (χ2n) is 4.99. The monoisotopic (exact) mass is 362 g/mol. The number of carbonyl (C=O) groups excluding carboxylic acids is 3. The lowest BCUT2D eigenvalue weighted by Crippen LogP contribution is -2.16. The number of esters is 1. The van der Waals surface area contributed by atoms with Crippen LogP contribution >= 0.6 is 11.3 Å². The van der Waals surface area contributed by atoms with Crippen LogP contribution in [-0.4, -0.2) is 24.9 Å². The molecule has 8 heteroatoms. The normalized spacial score (nSPS) is 10.7. The summed E-state index contributed by atoms with van der Waals surface area (Å²) >= 11 is 0.908. The third-order valence-electron chi connectivity index (χ3n) is 3.30. The lowest BCUT2D eigenvalue weighted by molar-refractivity contribution is -0.111. The molecule has 130 valence electrons. The molecular weight excluding hydrogens is 347 g/mol. The zero-order chi connectivity index (χ0) is 18.6. The second kappa shape index (κ2) is 7.71. The number of nitrogens with one attached hydrogen (secondary N) is 1. The third kappa shape index (κ3) is 4.30. The molecule has 0 spiro atoms. The SMILES string of the molecule is COC(=O)c1sc(NC(=O)/C=C\c2ccc(F)cc2)c(C(N)=O)c1C. The highest BCUT2D eigenvalue weighted by molar-refractivity contribution is 7.18. The Kier molecular flexibility index (Phi) is 5.66. The Morgan fingerprint density at radius 2 is 1.88 bits per heavy atom. The molecule has 3 N–H and O–H groups in total. The molecule has 1 aromatic heterocycles. The number of primary amides is 1. The fourth-order valence-electron chi connectivity index (χ4n) is 2.09. The van der Waals surface area contributed by atoms with Crippen LogP contribution in [0.4, 0.5) is 9.39 Å². The Morgan fingerprint density at radius 1 is 1.24 bits per heavy atom. The van der Waals surface area contributed by atoms with Crippen molar-refractivity contribution >= 4 is 40.2 Å². The van der Waals surface area contributed by atoms with E-state index in [9.17, 15) is 18.8 Å². The Balaban J connectivity index is 2.23. The van der Waals surface area contributed by atoms with E-state index in [0.29, 0.717) is 11.1 Å². The average molecular weight is 362 g/mol. The van der Waals surface area contributed by atoms with Crippen molar-refractivity contribution in [3.05, 3.63) is 57.7 Å². The highest BCUT2D eigenvalue weighted by Gasteiger charge is 2.24. The lowest BCUT2D eigenvalue weighted by Gasteiger charge is -2.02. The molecule has 0 aliphatic heterocycles. The van der Waals surface area contributed by atoms with Gasteiger partial charge in [-0.15, -0.1) is 11.3 Å². The van der Waals surface area contributed by atoms with Gasteiger partial charge in [-0.2, -0.15) is 0 Å². The number of carbonyl (C=O) groups is 3. The van der Waals surface area contributed by atoms with Gasteiger partial charge in [0.15, 0.2) is 0 Å². The summed E-state index contributed by atoms with van der Waals surface area (Å²) in [5.41, 5.74) is 6.38. The zero-order valence-corrected chi connectivity index (χ0v) is 14.3. The van der Waals surface area contributed by atoms with Crippen LogP contribution < -0.4 is 11.1 Å². The van der Waals surface area contributed by atoms with Crippen molar-refractivity contribution in [2.24, 2.45) is 5.73 Å². The van der Waals surface area contributed by atoms with Crippen LogP contribution in [0.25, 0.3) is 6.08 Å². The van der Waals surface area contributed by atoms with Crippen LogP contribution in [0.15, 0.2) is 30.3 Å². The van der Waals surface area contributed by atoms with Gasteiger partial charge in [-0.05, 0) is 36.3 Å². The third-order valence-corrected chi connectivity index (χ3v) is 4.49. The summed E-state index contributed by atoms with van der Waals surface area (Å²) in [6.07, 6.45) is 2.71. The minimum atomic E-state index is -0.762. The summed E-state index contributed by atoms with van der Waals surface area (Å²) in [5.74, 6) is -2.28. The van der Waals surface area contributed by atoms with E-state index < -0.39 is 17.8 Å². The molecule has 0 fully saturated rings. The Morgan fingerprint density at radius 3 is 2.44 bits per heavy atom. The summed E-state index contributed by atoms with van der Waals surface area (Å²) in [6.45, 7) is 1.55. The van der Waals surface area contributed by atoms with Crippen LogP contribution in [0, 0.1) is 12.7 Å². The highest BCUT2D eigenvalue weighted by Crippen LogP contribution is 2.33. The molecule has 0 bridgehead atoms. The van der Waals surface area contributed by atoms with Crippen LogP contribution in [-0.2, 0) is 9.53 Å². The molecule has 0 radical (unpaired) electrons. The summed E-state index contributed by atoms with van der Waals surface area (Å²) < 4.78 is 17.5. The molecular formula is C17H15FN2O4S. The summed E-state index contributed by atoms with van der Waals surface area (Å²) in [6, 6.07) is 5.57. The zero-order valence-electron chi connectivity index (χ0n) is 13.5. The summed E-state index contributed by atoms with van der Waals surface area (Å²) in [4.78, 5) is 35.6. The minimum absolute atomic E-state index is 0.0638. The second-order valence-corrected chi connectivity index (χ2v) is 6.01. The maximum atomic E-state index is 12.8. The van der Waals surface area contributed by atoms with Crippen LogP contribution in [0.1, 0.15) is 31.2 Å². The van der Waals surface area contributed by atoms with Crippen molar-refractivity contribution < 1.29 is 23.5 Å². The van der Waals surface area contributed by atoms with Gasteiger partial charge in [-0.1, -0.05) is 12.1 Å². The first-order valence-electron chi connectivity index (χ1n) is 7.09. The molecule has 2 rings (SSSR count). The highest BCUT2D eigenvalue weighted by atomic mass is 32.1. The number of hydrogen-bond donors (Lipinski definition) is 2. The van der Waals surface area contributed by atoms with Crippen molar-refractivity contribution in [1.29, 1.82) is 0 Å². The van der Waals surface area contributed by atoms with E-state index in [1.54, 1.807) is 6.92 Å². The van der Waals surface area contributed by atoms with Gasteiger partial charge in [0.05, 0.1) is 12.7 Å². The number of halogens is 1. The summed E-state index contributed by atoms with van der Waals surface area (Å²) in [7, 11) is 1.22. The van der Waals surface area contributed by atoms with Crippen LogP contribution in [0.5, 0.6) is 0 Å². The van der Waals surface area contributed by atoms with Gasteiger partial charge in [-0.3, -0.25) is 9.59 Å². The average Bonchev–Trinajstić information content (AvgIpc) is 2.89. The van der Waals surface area contributed by atoms with E-state index in [1.165, 1.54) is 43.5 Å². The molecule has 2 amide bonds. The Labute approximate surface area is 147 Å². The van der Waals surface area contributed by atoms with Gasteiger partial charge < -0.3 is 15.8 Å². The fraction of sp³-hybridized carbons (Fsp3) is 0.118. The Hall–Kier alpha value is -3.00. The molecule has 0 saturated heterocycles. The Bertz CT molecular complexity index is 856. The van der Waals surface area contributed by atoms with Crippen molar-refractivity contribution in [3.63, 3.8) is 0 Å². The van der Waals surface area contributed by atoms with Gasteiger partial charge in [-0.25, -0.2) is 9.18 Å². The maximum absolute atomic E-state index is 12.8. The van der Waals surface area contributed by atoms with Gasteiger partial charge in [0.25, 0.3) is 5.91 Å². The number of amides is 2. The molecule has 1 aromatic carbocycles. The molecule has 2 aromatic rings. The van der Waals surface area contributed by atoms with Gasteiger partial charge in [0, 0.05) is 6.08 Å². The molecule has 25 heavy (non-hydrogen) atoms. The summed E-state index contributed by atoms with van der Waals surface area (Å²) in [5, 5.41) is 2.69. The number of benzene rings is 1. The number of ether oxygens (including phenoxy) is 1. The van der Waals surface area contributed by atoms with E-state index >= 15 is 0 Å². The number of anilines is 1. The van der Waals surface area contributed by atoms with E-state index in [2.05, 4.69) is 10.1 Å². The van der Waals surface area contributed by atoms with E-state index in [4.69, 9.17) is 5.73 Å². The largest absolute Gasteiger partial charge is 0.465 e. The first kappa shape index (κ1) is 18.3. The van der Waals surface area contributed by atoms with Crippen molar-refractivity contribution in [2.45, 2.75) is 6.92 Å². The molecule has 0 atom stereocenters. The van der Waals surface area contributed by atoms with Crippen molar-refractivity contribution in [2.75, 3.05) is 12.4 Å². The number of hydrogen-bond acceptors (Lipinski definition) is 5. The van der Waals surface area contributed by atoms with Crippen molar-refractivity contribution in [3.8, 4) is 0 Å². The fourth-order valence-corrected chi connectivity index (χ4v) is 3.22. The van der Waals surface area contributed by atoms with Gasteiger partial charge in [0.1, 0.15) is 15.7 Å². The molecule has 0 unspecified atom stereocenters. The first-order valence-corrected chi connectivity index (χ1v) is 7.91. The van der Waals surface area contributed by atoms with Crippen LogP contribution in [0.2, 0.25) is 0 Å². The number of nitrogens with two attached hydrogens (primary N) is 1. The molecule has 0 aliphatic carbocycles. The van der Waals surface area contributed by atoms with Crippen LogP contribution in [0.3, 0.4) is 0 Å². The number of thiophene rings is 1. The van der Waals surface area contributed by atoms with E-state index in [1.807, 2.05) is 0 Å². The number of methoxy groups -OCH3 is 1. The topological polar surface area (TPSA) is 98.5 Å². The van der Waals surface area contributed by atoms with E-state index in [-0.39, 0.29) is 21.3 Å². The molecule has 1 heterocycles. The van der Waals surface area contributed by atoms with Crippen molar-refractivity contribution in [1.82, 2.24) is 0 Å². The predicted octanol–water partition coefficient (Wildman–Crippen LogP) is 2.73. The smallest absolute Gasteiger partial charge is 0.348 e. The number of rotatable bonds is 5. The van der Waals surface area contributed by atoms with Gasteiger partial charge >= 0.3 is 5.97 Å². The quantitative estimate of drug-likeness (QED) is 0.631.